The topological polar surface area (TPSA) is 9.72 Å². The van der Waals surface area contributed by atoms with E-state index in [-0.39, 0.29) is 39.2 Å². The van der Waals surface area contributed by atoms with E-state index in [4.69, 9.17) is 0 Å². The molecule has 0 saturated carbocycles. The molecule has 0 atom stereocenters. The van der Waals surface area contributed by atoms with Gasteiger partial charge in [0.2, 0.25) is 0 Å². The number of benzene rings is 8. The lowest BCUT2D eigenvalue weighted by molar-refractivity contribution is 0.332. The maximum atomic E-state index is 2.79. The summed E-state index contributed by atoms with van der Waals surface area (Å²) in [5, 5.41) is 4.02. The third-order valence-electron chi connectivity index (χ3n) is 21.3. The third-order valence-corrected chi connectivity index (χ3v) is 23.6. The summed E-state index contributed by atoms with van der Waals surface area (Å²) < 4.78 is 5.49. The van der Waals surface area contributed by atoms with Gasteiger partial charge in [-0.05, 0) is 213 Å². The summed E-state index contributed by atoms with van der Waals surface area (Å²) in [4.78, 5) is 8.14. The molecule has 6 heteroatoms. The smallest absolute Gasteiger partial charge is 0.264 e. The van der Waals surface area contributed by atoms with Crippen molar-refractivity contribution < 1.29 is 0 Å². The summed E-state index contributed by atoms with van der Waals surface area (Å²) in [6, 6.07) is 58.0. The lowest BCUT2D eigenvalue weighted by Gasteiger charge is -2.47. The second-order valence-corrected chi connectivity index (χ2v) is 31.5. The number of thiophene rings is 2. The molecule has 0 saturated heterocycles. The number of fused-ring (bicyclic) bond motifs is 12. The van der Waals surface area contributed by atoms with Crippen LogP contribution in [0.2, 0.25) is 0 Å². The van der Waals surface area contributed by atoms with E-state index >= 15 is 0 Å². The minimum Gasteiger partial charge on any atom is -0.311 e. The molecule has 82 heavy (non-hydrogen) atoms. The lowest BCUT2D eigenvalue weighted by atomic mass is 9.35. The highest BCUT2D eigenvalue weighted by atomic mass is 32.1. The van der Waals surface area contributed by atoms with Gasteiger partial charge in [0.1, 0.15) is 0 Å². The van der Waals surface area contributed by atoms with Gasteiger partial charge in [-0.2, -0.15) is 0 Å². The van der Waals surface area contributed by atoms with Gasteiger partial charge in [-0.15, -0.1) is 22.7 Å². The normalized spacial score (nSPS) is 19.1. The Hall–Kier alpha value is -6.60. The van der Waals surface area contributed by atoms with Gasteiger partial charge in [0, 0.05) is 69.2 Å². The van der Waals surface area contributed by atoms with E-state index in [1.54, 1.807) is 0 Å². The molecule has 0 fully saturated rings. The van der Waals surface area contributed by atoms with E-state index < -0.39 is 0 Å². The Morgan fingerprint density at radius 2 is 0.915 bits per heavy atom. The van der Waals surface area contributed by atoms with Crippen LogP contribution in [-0.4, -0.2) is 6.71 Å². The van der Waals surface area contributed by atoms with Crippen LogP contribution in [0.15, 0.2) is 146 Å². The fraction of sp³-hybridized carbons (Fsp3) is 0.342. The zero-order valence-electron chi connectivity index (χ0n) is 50.8. The maximum Gasteiger partial charge on any atom is 0.264 e. The summed E-state index contributed by atoms with van der Waals surface area (Å²) >= 11 is 4.00. The molecule has 2 aromatic heterocycles. The van der Waals surface area contributed by atoms with Crippen LogP contribution in [0.4, 0.5) is 51.2 Å². The Bertz CT molecular complexity index is 4320. The number of hydrogen-bond acceptors (Lipinski definition) is 5. The van der Waals surface area contributed by atoms with E-state index in [0.717, 1.165) is 24.9 Å². The summed E-state index contributed by atoms with van der Waals surface area (Å²) in [6.07, 6.45) is 6.99. The molecule has 15 rings (SSSR count). The zero-order chi connectivity index (χ0) is 56.9. The van der Waals surface area contributed by atoms with Crippen molar-refractivity contribution in [2.24, 2.45) is 0 Å². The summed E-state index contributed by atoms with van der Waals surface area (Å²) in [5.74, 6) is 0. The Morgan fingerprint density at radius 3 is 1.54 bits per heavy atom. The number of para-hydroxylation sites is 2. The van der Waals surface area contributed by atoms with E-state index in [0.29, 0.717) is 0 Å². The molecule has 0 unspecified atom stereocenters. The molecule has 0 radical (unpaired) electrons. The standard InChI is InChI=1S/C76H78BN3S2/c1-45-22-15-18-25-58(45)78(59-26-19-16-23-46(59)2)48-39-62-68-63(40-48)80(60-27-21-29-65-67(60)49-24-17-20-28-64(49)81-65)61-43-55-54(74(9,10)35-36-75(55,11)12)42-57(61)77(68)70-69(50-41-53-56(44-66(50)82-70)76(13,14)37-34-73(53,7)8)79(62)47-30-31-51-52(38-47)72(5,6)33-32-71(51,3)4/h15-31,38-44H,32-37H2,1-14H3. The monoisotopic (exact) mass is 1110 g/mol. The quantitative estimate of drug-likeness (QED) is 0.159. The highest BCUT2D eigenvalue weighted by molar-refractivity contribution is 7.33. The molecule has 3 nitrogen and oxygen atoms in total. The van der Waals surface area contributed by atoms with Crippen molar-refractivity contribution in [1.82, 2.24) is 0 Å². The van der Waals surface area contributed by atoms with Crippen LogP contribution >= 0.6 is 22.7 Å². The highest BCUT2D eigenvalue weighted by Crippen LogP contribution is 2.58. The van der Waals surface area contributed by atoms with Crippen LogP contribution in [0.1, 0.15) is 166 Å². The Labute approximate surface area is 496 Å². The van der Waals surface area contributed by atoms with Crippen molar-refractivity contribution in [3.63, 3.8) is 0 Å². The first-order valence-corrected chi connectivity index (χ1v) is 32.1. The zero-order valence-corrected chi connectivity index (χ0v) is 52.5. The van der Waals surface area contributed by atoms with Gasteiger partial charge in [-0.3, -0.25) is 0 Å². The number of rotatable bonds is 5. The number of nitrogens with zero attached hydrogens (tertiary/aromatic N) is 3. The van der Waals surface area contributed by atoms with E-state index in [9.17, 15) is 0 Å². The predicted molar refractivity (Wildman–Crippen MR) is 359 cm³/mol. The molecule has 3 aliphatic carbocycles. The Morgan fingerprint density at radius 1 is 0.402 bits per heavy atom. The van der Waals surface area contributed by atoms with Gasteiger partial charge in [0.25, 0.3) is 6.71 Å². The van der Waals surface area contributed by atoms with Crippen molar-refractivity contribution in [2.75, 3.05) is 14.7 Å². The third kappa shape index (κ3) is 7.51. The Balaban J connectivity index is 1.15. The largest absolute Gasteiger partial charge is 0.311 e. The molecule has 2 aliphatic heterocycles. The highest BCUT2D eigenvalue weighted by Gasteiger charge is 2.50. The van der Waals surface area contributed by atoms with Gasteiger partial charge in [-0.1, -0.05) is 156 Å². The molecule has 0 amide bonds. The minimum atomic E-state index is -0.0325. The van der Waals surface area contributed by atoms with E-state index in [2.05, 4.69) is 269 Å². The fourth-order valence-corrected chi connectivity index (χ4v) is 18.4. The van der Waals surface area contributed by atoms with Crippen LogP contribution in [0, 0.1) is 13.8 Å². The van der Waals surface area contributed by atoms with Gasteiger partial charge in [0.15, 0.2) is 0 Å². The van der Waals surface area contributed by atoms with Crippen molar-refractivity contribution in [1.29, 1.82) is 0 Å². The van der Waals surface area contributed by atoms with Crippen molar-refractivity contribution in [2.45, 2.75) is 168 Å². The van der Waals surface area contributed by atoms with Crippen molar-refractivity contribution >= 4 is 127 Å². The van der Waals surface area contributed by atoms with Crippen LogP contribution in [-0.2, 0) is 32.5 Å². The molecular formula is C76H78BN3S2. The lowest BCUT2D eigenvalue weighted by Crippen LogP contribution is -2.61. The summed E-state index contributed by atoms with van der Waals surface area (Å²) in [7, 11) is 0. The van der Waals surface area contributed by atoms with Crippen LogP contribution in [0.5, 0.6) is 0 Å². The molecule has 0 spiro atoms. The van der Waals surface area contributed by atoms with Gasteiger partial charge < -0.3 is 14.7 Å². The minimum absolute atomic E-state index is 0.00642. The molecule has 0 bridgehead atoms. The molecule has 10 aromatic rings. The number of anilines is 9. The van der Waals surface area contributed by atoms with Gasteiger partial charge in [-0.25, -0.2) is 0 Å². The van der Waals surface area contributed by atoms with Crippen LogP contribution in [0.3, 0.4) is 0 Å². The maximum absolute atomic E-state index is 2.79. The average molecular weight is 1110 g/mol. The molecule has 0 N–H and O–H groups in total. The van der Waals surface area contributed by atoms with Crippen LogP contribution in [0.25, 0.3) is 30.3 Å². The Kier molecular flexibility index (Phi) is 11.1. The first kappa shape index (κ1) is 52.2. The first-order chi connectivity index (χ1) is 38.9. The summed E-state index contributed by atoms with van der Waals surface area (Å²) in [5.41, 5.74) is 25.7. The molecule has 4 heterocycles. The second kappa shape index (κ2) is 17.5. The van der Waals surface area contributed by atoms with Crippen molar-refractivity contribution in [3.05, 3.63) is 190 Å². The second-order valence-electron chi connectivity index (χ2n) is 29.4. The fourth-order valence-electron chi connectivity index (χ4n) is 15.9. The molecule has 5 aliphatic rings. The molecular weight excluding hydrogens is 1030 g/mol. The summed E-state index contributed by atoms with van der Waals surface area (Å²) in [6.45, 7) is 34.5. The number of aryl methyl sites for hydroxylation is 2. The van der Waals surface area contributed by atoms with E-state index in [1.165, 1.54) is 155 Å². The van der Waals surface area contributed by atoms with Crippen LogP contribution < -0.4 is 30.4 Å². The average Bonchev–Trinajstić information content (AvgIpc) is 1.75. The van der Waals surface area contributed by atoms with Gasteiger partial charge >= 0.3 is 0 Å². The van der Waals surface area contributed by atoms with Crippen molar-refractivity contribution in [3.8, 4) is 0 Å². The van der Waals surface area contributed by atoms with Gasteiger partial charge in [0.05, 0.1) is 17.1 Å². The number of hydrogen-bond donors (Lipinski definition) is 0. The van der Waals surface area contributed by atoms with E-state index in [1.807, 2.05) is 11.3 Å². The SMILES string of the molecule is Cc1ccccc1N(c1cc2c3c(c1)N(c1cccc4sc5ccccc5c14)c1cc4c(cc1B3c1sc3cc5c(cc3c1N2c1ccc2c(c1)C(C)(C)CCC2(C)C)C(C)(C)CCC5(C)C)C(C)(C)CCC4(C)C)c1ccccc1C. The molecule has 8 aromatic carbocycles. The first-order valence-electron chi connectivity index (χ1n) is 30.5. The molecule has 412 valence electrons. The predicted octanol–water partition coefficient (Wildman–Crippen LogP) is 20.5.